The third-order valence-corrected chi connectivity index (χ3v) is 4.86. The van der Waals surface area contributed by atoms with Crippen molar-refractivity contribution in [2.75, 3.05) is 7.11 Å². The van der Waals surface area contributed by atoms with Crippen LogP contribution in [-0.4, -0.2) is 34.1 Å². The SMILES string of the molecule is COc1cc(C=NNC(=O)c2ccn(Cc3cccc(Br)c3)n2)cc(Br)c1O. The van der Waals surface area contributed by atoms with Gasteiger partial charge in [0, 0.05) is 10.7 Å². The number of rotatable bonds is 6. The highest BCUT2D eigenvalue weighted by Gasteiger charge is 2.10. The highest BCUT2D eigenvalue weighted by Crippen LogP contribution is 2.34. The monoisotopic (exact) mass is 506 g/mol. The summed E-state index contributed by atoms with van der Waals surface area (Å²) in [5.74, 6) is -0.123. The number of ether oxygens (including phenoxy) is 1. The van der Waals surface area contributed by atoms with Gasteiger partial charge in [-0.25, -0.2) is 5.43 Å². The lowest BCUT2D eigenvalue weighted by Crippen LogP contribution is -2.18. The topological polar surface area (TPSA) is 88.7 Å². The van der Waals surface area contributed by atoms with E-state index in [0.29, 0.717) is 22.3 Å². The number of aromatic nitrogens is 2. The van der Waals surface area contributed by atoms with Crippen LogP contribution in [0.15, 0.2) is 62.7 Å². The number of hydrazone groups is 1. The minimum atomic E-state index is -0.422. The molecule has 1 amide bonds. The third-order valence-electron chi connectivity index (χ3n) is 3.76. The molecule has 0 aliphatic rings. The number of carbonyl (C=O) groups excluding carboxylic acids is 1. The van der Waals surface area contributed by atoms with E-state index in [1.807, 2.05) is 24.3 Å². The van der Waals surface area contributed by atoms with E-state index in [1.54, 1.807) is 29.1 Å². The molecule has 1 aromatic heterocycles. The van der Waals surface area contributed by atoms with Gasteiger partial charge in [0.15, 0.2) is 17.2 Å². The van der Waals surface area contributed by atoms with Crippen molar-refractivity contribution in [3.05, 3.63) is 74.4 Å². The summed E-state index contributed by atoms with van der Waals surface area (Å²) in [6, 6.07) is 12.8. The molecule has 28 heavy (non-hydrogen) atoms. The van der Waals surface area contributed by atoms with Gasteiger partial charge in [-0.15, -0.1) is 0 Å². The number of hydrogen-bond donors (Lipinski definition) is 2. The Morgan fingerprint density at radius 2 is 2.14 bits per heavy atom. The zero-order valence-corrected chi connectivity index (χ0v) is 17.9. The molecule has 0 spiro atoms. The van der Waals surface area contributed by atoms with Crippen molar-refractivity contribution in [1.82, 2.24) is 15.2 Å². The number of methoxy groups -OCH3 is 1. The van der Waals surface area contributed by atoms with Crippen LogP contribution in [0.1, 0.15) is 21.6 Å². The van der Waals surface area contributed by atoms with E-state index < -0.39 is 5.91 Å². The van der Waals surface area contributed by atoms with Crippen LogP contribution in [0.25, 0.3) is 0 Å². The predicted octanol–water partition coefficient (Wildman–Crippen LogP) is 3.93. The molecule has 0 aliphatic carbocycles. The number of aromatic hydroxyl groups is 1. The van der Waals surface area contributed by atoms with Crippen molar-refractivity contribution in [1.29, 1.82) is 0 Å². The molecular formula is C19H16Br2N4O3. The lowest BCUT2D eigenvalue weighted by atomic mass is 10.2. The predicted molar refractivity (Wildman–Crippen MR) is 113 cm³/mol. The number of phenols is 1. The van der Waals surface area contributed by atoms with Gasteiger partial charge in [0.05, 0.1) is 24.3 Å². The molecule has 0 atom stereocenters. The van der Waals surface area contributed by atoms with Gasteiger partial charge in [-0.2, -0.15) is 10.2 Å². The van der Waals surface area contributed by atoms with Crippen LogP contribution in [0.5, 0.6) is 11.5 Å². The molecule has 144 valence electrons. The summed E-state index contributed by atoms with van der Waals surface area (Å²) in [5.41, 5.74) is 4.40. The number of nitrogens with zero attached hydrogens (tertiary/aromatic N) is 3. The van der Waals surface area contributed by atoms with Gasteiger partial charge in [0.2, 0.25) is 0 Å². The highest BCUT2D eigenvalue weighted by molar-refractivity contribution is 9.10. The fourth-order valence-electron chi connectivity index (χ4n) is 2.44. The molecular weight excluding hydrogens is 492 g/mol. The Bertz CT molecular complexity index is 1030. The minimum Gasteiger partial charge on any atom is -0.503 e. The maximum absolute atomic E-state index is 12.2. The average Bonchev–Trinajstić information content (AvgIpc) is 3.13. The first-order valence-electron chi connectivity index (χ1n) is 8.14. The summed E-state index contributed by atoms with van der Waals surface area (Å²) in [6.07, 6.45) is 3.19. The van der Waals surface area contributed by atoms with Crippen molar-refractivity contribution < 1.29 is 14.6 Å². The van der Waals surface area contributed by atoms with Crippen LogP contribution < -0.4 is 10.2 Å². The Morgan fingerprint density at radius 1 is 1.32 bits per heavy atom. The lowest BCUT2D eigenvalue weighted by molar-refractivity contribution is 0.0949. The van der Waals surface area contributed by atoms with Crippen LogP contribution >= 0.6 is 31.9 Å². The van der Waals surface area contributed by atoms with Crippen LogP contribution in [0, 0.1) is 0 Å². The summed E-state index contributed by atoms with van der Waals surface area (Å²) < 4.78 is 8.21. The van der Waals surface area contributed by atoms with Crippen molar-refractivity contribution in [3.63, 3.8) is 0 Å². The molecule has 2 aromatic carbocycles. The molecule has 0 saturated carbocycles. The van der Waals surface area contributed by atoms with Gasteiger partial charge in [0.25, 0.3) is 5.91 Å². The van der Waals surface area contributed by atoms with Crippen molar-refractivity contribution in [2.24, 2.45) is 5.10 Å². The Balaban J connectivity index is 1.63. The summed E-state index contributed by atoms with van der Waals surface area (Å²) >= 11 is 6.67. The Morgan fingerprint density at radius 3 is 2.89 bits per heavy atom. The second-order valence-corrected chi connectivity index (χ2v) is 7.55. The largest absolute Gasteiger partial charge is 0.503 e. The minimum absolute atomic E-state index is 0.000305. The van der Waals surface area contributed by atoms with E-state index in [9.17, 15) is 9.90 Å². The van der Waals surface area contributed by atoms with Gasteiger partial charge >= 0.3 is 0 Å². The summed E-state index contributed by atoms with van der Waals surface area (Å²) in [7, 11) is 1.45. The van der Waals surface area contributed by atoms with E-state index >= 15 is 0 Å². The first-order chi connectivity index (χ1) is 13.5. The second kappa shape index (κ2) is 9.03. The van der Waals surface area contributed by atoms with E-state index in [4.69, 9.17) is 4.74 Å². The summed E-state index contributed by atoms with van der Waals surface area (Å²) in [6.45, 7) is 0.553. The van der Waals surface area contributed by atoms with Gasteiger partial charge in [-0.05, 0) is 57.4 Å². The molecule has 0 aliphatic heterocycles. The lowest BCUT2D eigenvalue weighted by Gasteiger charge is -2.06. The number of nitrogens with one attached hydrogen (secondary N) is 1. The van der Waals surface area contributed by atoms with Crippen LogP contribution in [0.3, 0.4) is 0 Å². The fraction of sp³-hybridized carbons (Fsp3) is 0.105. The molecule has 3 aromatic rings. The van der Waals surface area contributed by atoms with Gasteiger partial charge in [-0.1, -0.05) is 28.1 Å². The Hall–Kier alpha value is -2.65. The van der Waals surface area contributed by atoms with Crippen LogP contribution in [0.2, 0.25) is 0 Å². The maximum atomic E-state index is 12.2. The van der Waals surface area contributed by atoms with Crippen molar-refractivity contribution >= 4 is 44.0 Å². The molecule has 0 unspecified atom stereocenters. The van der Waals surface area contributed by atoms with Crippen molar-refractivity contribution in [3.8, 4) is 11.5 Å². The van der Waals surface area contributed by atoms with Gasteiger partial charge < -0.3 is 9.84 Å². The number of carbonyl (C=O) groups is 1. The summed E-state index contributed by atoms with van der Waals surface area (Å²) in [4.78, 5) is 12.2. The zero-order valence-electron chi connectivity index (χ0n) is 14.8. The number of amides is 1. The van der Waals surface area contributed by atoms with Crippen LogP contribution in [-0.2, 0) is 6.54 Å². The van der Waals surface area contributed by atoms with Gasteiger partial charge in [0.1, 0.15) is 0 Å². The zero-order chi connectivity index (χ0) is 20.1. The molecule has 2 N–H and O–H groups in total. The normalized spacial score (nSPS) is 11.0. The quantitative estimate of drug-likeness (QED) is 0.390. The number of hydrogen-bond acceptors (Lipinski definition) is 5. The Labute approximate surface area is 178 Å². The molecule has 9 heteroatoms. The fourth-order valence-corrected chi connectivity index (χ4v) is 3.35. The van der Waals surface area contributed by atoms with E-state index in [-0.39, 0.29) is 11.4 Å². The van der Waals surface area contributed by atoms with Crippen molar-refractivity contribution in [2.45, 2.75) is 6.54 Å². The average molecular weight is 508 g/mol. The number of benzene rings is 2. The summed E-state index contributed by atoms with van der Waals surface area (Å²) in [5, 5.41) is 18.0. The van der Waals surface area contributed by atoms with E-state index in [0.717, 1.165) is 10.0 Å². The Kier molecular flexibility index (Phi) is 6.48. The van der Waals surface area contributed by atoms with E-state index in [2.05, 4.69) is 47.5 Å². The number of phenolic OH excluding ortho intramolecular Hbond substituents is 1. The first kappa shape index (κ1) is 20.1. The third kappa shape index (κ3) is 4.99. The smallest absolute Gasteiger partial charge is 0.291 e. The van der Waals surface area contributed by atoms with Gasteiger partial charge in [-0.3, -0.25) is 9.48 Å². The molecule has 7 nitrogen and oxygen atoms in total. The molecule has 0 radical (unpaired) electrons. The first-order valence-corrected chi connectivity index (χ1v) is 9.72. The van der Waals surface area contributed by atoms with E-state index in [1.165, 1.54) is 13.3 Å². The molecule has 0 saturated heterocycles. The standard InChI is InChI=1S/C19H16Br2N4O3/c1-28-17-9-13(8-15(21)18(17)26)10-22-23-19(27)16-5-6-25(24-16)11-12-3-2-4-14(20)7-12/h2-10,26H,11H2,1H3,(H,23,27). The highest BCUT2D eigenvalue weighted by atomic mass is 79.9. The number of halogens is 2. The maximum Gasteiger partial charge on any atom is 0.291 e. The second-order valence-electron chi connectivity index (χ2n) is 5.78. The molecule has 0 bridgehead atoms. The van der Waals surface area contributed by atoms with Crippen LogP contribution in [0.4, 0.5) is 0 Å². The molecule has 0 fully saturated rings. The molecule has 1 heterocycles. The molecule has 3 rings (SSSR count).